The third kappa shape index (κ3) is 14.2. The molecule has 0 fully saturated rings. The van der Waals surface area contributed by atoms with Crippen molar-refractivity contribution in [3.8, 4) is 0 Å². The van der Waals surface area contributed by atoms with E-state index in [9.17, 15) is 4.79 Å². The Morgan fingerprint density at radius 2 is 1.29 bits per heavy atom. The van der Waals surface area contributed by atoms with Crippen molar-refractivity contribution in [1.82, 2.24) is 0 Å². The predicted octanol–water partition coefficient (Wildman–Crippen LogP) is 5.99. The molecule has 0 N–H and O–H groups in total. The fraction of sp³-hybridized carbons (Fsp3) is 0.947. The first-order chi connectivity index (χ1) is 9.95. The van der Waals surface area contributed by atoms with Gasteiger partial charge in [0.05, 0.1) is 6.61 Å². The molecular formula is C19H38O2. The number of carbonyl (C=O) groups is 1. The molecule has 0 aliphatic carbocycles. The van der Waals surface area contributed by atoms with Gasteiger partial charge in [-0.05, 0) is 31.1 Å². The summed E-state index contributed by atoms with van der Waals surface area (Å²) < 4.78 is 4.95. The number of hydrogen-bond acceptors (Lipinski definition) is 2. The number of hydrogen-bond donors (Lipinski definition) is 0. The van der Waals surface area contributed by atoms with Gasteiger partial charge in [-0.15, -0.1) is 0 Å². The van der Waals surface area contributed by atoms with Crippen LogP contribution in [0.1, 0.15) is 92.4 Å². The molecule has 0 aliphatic heterocycles. The molecular weight excluding hydrogens is 260 g/mol. The van der Waals surface area contributed by atoms with Gasteiger partial charge >= 0.3 is 5.97 Å². The lowest BCUT2D eigenvalue weighted by Gasteiger charge is -2.14. The highest BCUT2D eigenvalue weighted by molar-refractivity contribution is 5.69. The third-order valence-electron chi connectivity index (χ3n) is 4.26. The van der Waals surface area contributed by atoms with E-state index < -0.39 is 0 Å². The highest BCUT2D eigenvalue weighted by atomic mass is 16.5. The third-order valence-corrected chi connectivity index (χ3v) is 4.26. The van der Waals surface area contributed by atoms with Gasteiger partial charge in [-0.2, -0.15) is 0 Å². The zero-order valence-electron chi connectivity index (χ0n) is 15.1. The van der Waals surface area contributed by atoms with Crippen LogP contribution in [-0.4, -0.2) is 12.6 Å². The minimum absolute atomic E-state index is 0.0384. The summed E-state index contributed by atoms with van der Waals surface area (Å²) in [7, 11) is 0. The van der Waals surface area contributed by atoms with E-state index >= 15 is 0 Å². The van der Waals surface area contributed by atoms with Gasteiger partial charge in [0, 0.05) is 6.42 Å². The summed E-state index contributed by atoms with van der Waals surface area (Å²) in [5.74, 6) is 2.41. The monoisotopic (exact) mass is 298 g/mol. The molecule has 21 heavy (non-hydrogen) atoms. The van der Waals surface area contributed by atoms with Gasteiger partial charge in [0.15, 0.2) is 0 Å². The Kier molecular flexibility index (Phi) is 12.8. The van der Waals surface area contributed by atoms with Gasteiger partial charge in [0.25, 0.3) is 0 Å². The maximum absolute atomic E-state index is 11.3. The minimum atomic E-state index is -0.0384. The van der Waals surface area contributed by atoms with E-state index in [1.165, 1.54) is 38.5 Å². The quantitative estimate of drug-likeness (QED) is 0.390. The fourth-order valence-electron chi connectivity index (χ4n) is 2.81. The van der Waals surface area contributed by atoms with Crippen molar-refractivity contribution in [3.63, 3.8) is 0 Å². The van der Waals surface area contributed by atoms with Crippen LogP contribution in [0, 0.1) is 17.8 Å². The molecule has 0 saturated heterocycles. The highest BCUT2D eigenvalue weighted by Crippen LogP contribution is 2.21. The van der Waals surface area contributed by atoms with Crippen molar-refractivity contribution >= 4 is 5.97 Å². The minimum Gasteiger partial charge on any atom is -0.466 e. The highest BCUT2D eigenvalue weighted by Gasteiger charge is 2.08. The average molecular weight is 299 g/mol. The summed E-state index contributed by atoms with van der Waals surface area (Å²) in [6.07, 6.45) is 10.9. The molecule has 0 aromatic heterocycles. The number of ether oxygens (including phenoxy) is 1. The van der Waals surface area contributed by atoms with Crippen molar-refractivity contribution in [1.29, 1.82) is 0 Å². The van der Waals surface area contributed by atoms with Crippen molar-refractivity contribution < 1.29 is 9.53 Å². The molecule has 2 nitrogen and oxygen atoms in total. The van der Waals surface area contributed by atoms with Crippen LogP contribution in [0.4, 0.5) is 0 Å². The van der Waals surface area contributed by atoms with Gasteiger partial charge in [0.2, 0.25) is 0 Å². The first kappa shape index (κ1) is 20.5. The van der Waals surface area contributed by atoms with Crippen molar-refractivity contribution in [3.05, 3.63) is 0 Å². The largest absolute Gasteiger partial charge is 0.466 e. The predicted molar refractivity (Wildman–Crippen MR) is 91.4 cm³/mol. The summed E-state index contributed by atoms with van der Waals surface area (Å²) in [6, 6.07) is 0. The molecule has 0 saturated carbocycles. The summed E-state index contributed by atoms with van der Waals surface area (Å²) >= 11 is 0. The van der Waals surface area contributed by atoms with E-state index in [1.807, 2.05) is 6.92 Å². The van der Waals surface area contributed by atoms with Crippen LogP contribution in [0.3, 0.4) is 0 Å². The van der Waals surface area contributed by atoms with E-state index in [4.69, 9.17) is 4.74 Å². The zero-order chi connectivity index (χ0) is 16.1. The molecule has 2 heteroatoms. The van der Waals surface area contributed by atoms with Crippen LogP contribution >= 0.6 is 0 Å². The molecule has 0 spiro atoms. The Morgan fingerprint density at radius 1 is 0.810 bits per heavy atom. The van der Waals surface area contributed by atoms with Crippen LogP contribution < -0.4 is 0 Å². The molecule has 0 bridgehead atoms. The van der Waals surface area contributed by atoms with Crippen LogP contribution in [0.25, 0.3) is 0 Å². The molecule has 0 radical (unpaired) electrons. The van der Waals surface area contributed by atoms with E-state index in [0.717, 1.165) is 30.6 Å². The van der Waals surface area contributed by atoms with Gasteiger partial charge in [0.1, 0.15) is 0 Å². The second kappa shape index (κ2) is 13.2. The Labute approximate surface area is 133 Å². The number of rotatable bonds is 13. The van der Waals surface area contributed by atoms with Crippen molar-refractivity contribution in [2.75, 3.05) is 6.61 Å². The maximum atomic E-state index is 11.3. The normalized spacial score (nSPS) is 14.2. The summed E-state index contributed by atoms with van der Waals surface area (Å²) in [5, 5.41) is 0. The molecule has 0 amide bonds. The van der Waals surface area contributed by atoms with E-state index in [2.05, 4.69) is 27.7 Å². The number of carbonyl (C=O) groups excluding carboxylic acids is 1. The summed E-state index contributed by atoms with van der Waals surface area (Å²) in [5.41, 5.74) is 0. The summed E-state index contributed by atoms with van der Waals surface area (Å²) in [6.45, 7) is 11.7. The Balaban J connectivity index is 3.47. The van der Waals surface area contributed by atoms with E-state index in [0.29, 0.717) is 13.0 Å². The maximum Gasteiger partial charge on any atom is 0.305 e. The van der Waals surface area contributed by atoms with E-state index in [-0.39, 0.29) is 5.97 Å². The van der Waals surface area contributed by atoms with Crippen molar-refractivity contribution in [2.45, 2.75) is 92.4 Å². The Bertz CT molecular complexity index is 248. The lowest BCUT2D eigenvalue weighted by atomic mass is 9.92. The second-order valence-electron chi connectivity index (χ2n) is 7.16. The standard InChI is InChI=1S/C19H38O2/c1-6-21-19(20)15-9-14-18(5)13-8-12-17(4)11-7-10-16(2)3/h16-18H,6-15H2,1-5H3. The van der Waals surface area contributed by atoms with E-state index in [1.54, 1.807) is 0 Å². The molecule has 0 rings (SSSR count). The molecule has 0 heterocycles. The Morgan fingerprint density at radius 3 is 1.76 bits per heavy atom. The van der Waals surface area contributed by atoms with Crippen LogP contribution in [0.5, 0.6) is 0 Å². The molecule has 0 aliphatic rings. The fourth-order valence-corrected chi connectivity index (χ4v) is 2.81. The first-order valence-corrected chi connectivity index (χ1v) is 9.11. The molecule has 2 atom stereocenters. The Hall–Kier alpha value is -0.530. The zero-order valence-corrected chi connectivity index (χ0v) is 15.1. The number of esters is 1. The van der Waals surface area contributed by atoms with Gasteiger partial charge in [-0.1, -0.05) is 72.6 Å². The molecule has 0 aromatic rings. The molecule has 2 unspecified atom stereocenters. The smallest absolute Gasteiger partial charge is 0.305 e. The first-order valence-electron chi connectivity index (χ1n) is 9.11. The van der Waals surface area contributed by atoms with Crippen molar-refractivity contribution in [2.24, 2.45) is 17.8 Å². The van der Waals surface area contributed by atoms with Crippen LogP contribution in [0.2, 0.25) is 0 Å². The van der Waals surface area contributed by atoms with Gasteiger partial charge in [-0.3, -0.25) is 4.79 Å². The van der Waals surface area contributed by atoms with Crippen LogP contribution in [0.15, 0.2) is 0 Å². The average Bonchev–Trinajstić information content (AvgIpc) is 2.38. The lowest BCUT2D eigenvalue weighted by Crippen LogP contribution is -2.05. The second-order valence-corrected chi connectivity index (χ2v) is 7.16. The lowest BCUT2D eigenvalue weighted by molar-refractivity contribution is -0.143. The molecule has 0 aromatic carbocycles. The van der Waals surface area contributed by atoms with Crippen LogP contribution in [-0.2, 0) is 9.53 Å². The SMILES string of the molecule is CCOC(=O)CCCC(C)CCCC(C)CCCC(C)C. The van der Waals surface area contributed by atoms with Gasteiger partial charge in [-0.25, -0.2) is 0 Å². The summed E-state index contributed by atoms with van der Waals surface area (Å²) in [4.78, 5) is 11.3. The topological polar surface area (TPSA) is 26.3 Å². The van der Waals surface area contributed by atoms with Gasteiger partial charge < -0.3 is 4.74 Å². The molecule has 126 valence electrons.